The Bertz CT molecular complexity index is 311. The van der Waals surface area contributed by atoms with E-state index in [9.17, 15) is 9.00 Å². The lowest BCUT2D eigenvalue weighted by molar-refractivity contribution is 0.565. The Morgan fingerprint density at radius 1 is 1.64 bits per heavy atom. The summed E-state index contributed by atoms with van der Waals surface area (Å²) in [6, 6.07) is 0. The lowest BCUT2D eigenvalue weighted by atomic mass is 11.2. The molecule has 0 radical (unpaired) electrons. The molecule has 58 valence electrons. The van der Waals surface area contributed by atoms with Crippen LogP contribution in [-0.2, 0) is 15.6 Å². The Labute approximate surface area is 68.6 Å². The lowest BCUT2D eigenvalue weighted by Gasteiger charge is -1.78. The van der Waals surface area contributed by atoms with Crippen molar-refractivity contribution in [3.05, 3.63) is 0 Å². The molecule has 11 heavy (non-hydrogen) atoms. The molecule has 0 N–H and O–H groups in total. The van der Waals surface area contributed by atoms with E-state index in [-0.39, 0.29) is 5.13 Å². The van der Waals surface area contributed by atoms with Crippen molar-refractivity contribution in [2.75, 3.05) is 6.26 Å². The van der Waals surface area contributed by atoms with Crippen molar-refractivity contribution < 1.29 is 9.00 Å². The van der Waals surface area contributed by atoms with Gasteiger partial charge in [0.15, 0.2) is 0 Å². The first-order chi connectivity index (χ1) is 5.24. The van der Waals surface area contributed by atoms with Gasteiger partial charge in [-0.05, 0) is 0 Å². The van der Waals surface area contributed by atoms with Gasteiger partial charge in [0.1, 0.15) is 0 Å². The number of carbonyl (C=O) groups excluding carboxylic acids is 1. The molecule has 0 fully saturated rings. The fourth-order valence-electron chi connectivity index (χ4n) is 0.403. The summed E-state index contributed by atoms with van der Waals surface area (Å²) in [6.07, 6.45) is 2.80. The third-order valence-corrected chi connectivity index (χ3v) is 2.92. The lowest BCUT2D eigenvalue weighted by Crippen LogP contribution is -1.83. The van der Waals surface area contributed by atoms with E-state index in [2.05, 4.69) is 15.2 Å². The maximum absolute atomic E-state index is 10.7. The first-order valence-electron chi connectivity index (χ1n) is 2.49. The first kappa shape index (κ1) is 8.19. The Morgan fingerprint density at radius 2 is 2.36 bits per heavy atom. The van der Waals surface area contributed by atoms with Crippen molar-refractivity contribution in [3.63, 3.8) is 0 Å². The van der Waals surface area contributed by atoms with E-state index in [1.165, 1.54) is 12.3 Å². The number of isocyanates is 1. The van der Waals surface area contributed by atoms with E-state index in [4.69, 9.17) is 0 Å². The van der Waals surface area contributed by atoms with E-state index >= 15 is 0 Å². The molecule has 0 spiro atoms. The zero-order valence-electron chi connectivity index (χ0n) is 5.47. The highest BCUT2D eigenvalue weighted by Crippen LogP contribution is 2.19. The van der Waals surface area contributed by atoms with Crippen LogP contribution in [0.3, 0.4) is 0 Å². The molecule has 1 aromatic heterocycles. The van der Waals surface area contributed by atoms with E-state index in [0.29, 0.717) is 4.34 Å². The summed E-state index contributed by atoms with van der Waals surface area (Å²) < 4.78 is 11.1. The molecule has 1 aromatic rings. The van der Waals surface area contributed by atoms with Crippen LogP contribution in [0.4, 0.5) is 5.13 Å². The van der Waals surface area contributed by atoms with Crippen molar-refractivity contribution in [2.45, 2.75) is 4.34 Å². The molecule has 0 aromatic carbocycles. The summed E-state index contributed by atoms with van der Waals surface area (Å²) in [5, 5.41) is 7.19. The van der Waals surface area contributed by atoms with Crippen LogP contribution in [-0.4, -0.2) is 26.7 Å². The minimum atomic E-state index is -1.16. The number of hydrogen-bond donors (Lipinski definition) is 0. The van der Waals surface area contributed by atoms with Gasteiger partial charge in [-0.2, -0.15) is 0 Å². The van der Waals surface area contributed by atoms with Crippen molar-refractivity contribution in [1.29, 1.82) is 0 Å². The Kier molecular flexibility index (Phi) is 2.58. The fourth-order valence-corrected chi connectivity index (χ4v) is 1.65. The molecule has 5 nitrogen and oxygen atoms in total. The third kappa shape index (κ3) is 2.01. The second-order valence-electron chi connectivity index (χ2n) is 1.51. The minimum absolute atomic E-state index is 0.185. The zero-order chi connectivity index (χ0) is 8.27. The highest BCUT2D eigenvalue weighted by Gasteiger charge is 2.04. The first-order valence-corrected chi connectivity index (χ1v) is 4.86. The van der Waals surface area contributed by atoms with Crippen LogP contribution in [0.1, 0.15) is 0 Å². The molecule has 0 aliphatic carbocycles. The Balaban J connectivity index is 2.99. The second kappa shape index (κ2) is 3.47. The molecule has 0 saturated carbocycles. The highest BCUT2D eigenvalue weighted by molar-refractivity contribution is 7.86. The average molecular weight is 189 g/mol. The number of hydrogen-bond acceptors (Lipinski definition) is 6. The molecule has 1 atom stereocenters. The quantitative estimate of drug-likeness (QED) is 0.493. The number of aliphatic imine (C=N–C) groups is 1. The Morgan fingerprint density at radius 3 is 2.82 bits per heavy atom. The molecule has 7 heteroatoms. The maximum atomic E-state index is 10.7. The van der Waals surface area contributed by atoms with Gasteiger partial charge in [-0.1, -0.05) is 11.3 Å². The van der Waals surface area contributed by atoms with E-state index < -0.39 is 10.8 Å². The number of aromatic nitrogens is 2. The molecule has 0 aliphatic heterocycles. The standard InChI is InChI=1S/C4H3N3O2S2/c1-11(9)4-7-6-3(10-4)5-2-8/h1H3. The van der Waals surface area contributed by atoms with Gasteiger partial charge in [-0.15, -0.1) is 15.2 Å². The largest absolute Gasteiger partial charge is 0.252 e. The van der Waals surface area contributed by atoms with Crippen LogP contribution in [0.25, 0.3) is 0 Å². The van der Waals surface area contributed by atoms with Gasteiger partial charge in [0.05, 0.1) is 10.8 Å². The van der Waals surface area contributed by atoms with Gasteiger partial charge < -0.3 is 0 Å². The molecule has 0 saturated heterocycles. The topological polar surface area (TPSA) is 72.3 Å². The second-order valence-corrected chi connectivity index (χ2v) is 4.02. The van der Waals surface area contributed by atoms with Crippen molar-refractivity contribution >= 4 is 33.3 Å². The normalized spacial score (nSPS) is 12.1. The van der Waals surface area contributed by atoms with E-state index in [0.717, 1.165) is 11.3 Å². The molecule has 0 aliphatic rings. The molecule has 1 unspecified atom stereocenters. The summed E-state index contributed by atoms with van der Waals surface area (Å²) in [5.41, 5.74) is 0. The summed E-state index contributed by atoms with van der Waals surface area (Å²) in [7, 11) is -1.16. The summed E-state index contributed by atoms with van der Waals surface area (Å²) in [6.45, 7) is 0. The molecular formula is C4H3N3O2S2. The predicted octanol–water partition coefficient (Wildman–Crippen LogP) is 0.243. The summed E-state index contributed by atoms with van der Waals surface area (Å²) >= 11 is 1.01. The average Bonchev–Trinajstić information content (AvgIpc) is 2.37. The number of rotatable bonds is 2. The van der Waals surface area contributed by atoms with Gasteiger partial charge in [0.2, 0.25) is 15.6 Å². The predicted molar refractivity (Wildman–Crippen MR) is 40.0 cm³/mol. The van der Waals surface area contributed by atoms with Gasteiger partial charge in [-0.25, -0.2) is 4.79 Å². The molecular weight excluding hydrogens is 186 g/mol. The van der Waals surface area contributed by atoms with Crippen molar-refractivity contribution in [2.24, 2.45) is 4.99 Å². The van der Waals surface area contributed by atoms with Crippen LogP contribution in [0.5, 0.6) is 0 Å². The van der Waals surface area contributed by atoms with Crippen LogP contribution in [0, 0.1) is 0 Å². The van der Waals surface area contributed by atoms with Crippen molar-refractivity contribution in [3.8, 4) is 0 Å². The van der Waals surface area contributed by atoms with E-state index in [1.807, 2.05) is 0 Å². The third-order valence-electron chi connectivity index (χ3n) is 0.783. The molecule has 0 amide bonds. The van der Waals surface area contributed by atoms with E-state index in [1.54, 1.807) is 0 Å². The molecule has 0 bridgehead atoms. The van der Waals surface area contributed by atoms with Crippen LogP contribution >= 0.6 is 11.3 Å². The zero-order valence-corrected chi connectivity index (χ0v) is 7.11. The molecule has 1 heterocycles. The van der Waals surface area contributed by atoms with Gasteiger partial charge in [-0.3, -0.25) is 4.21 Å². The van der Waals surface area contributed by atoms with Crippen LogP contribution < -0.4 is 0 Å². The van der Waals surface area contributed by atoms with Gasteiger partial charge >= 0.3 is 0 Å². The Hall–Kier alpha value is -0.910. The van der Waals surface area contributed by atoms with Gasteiger partial charge in [0.25, 0.3) is 0 Å². The highest BCUT2D eigenvalue weighted by atomic mass is 32.2. The van der Waals surface area contributed by atoms with Crippen LogP contribution in [0.15, 0.2) is 9.33 Å². The smallest absolute Gasteiger partial charge is 0.243 e. The van der Waals surface area contributed by atoms with Crippen molar-refractivity contribution in [1.82, 2.24) is 10.2 Å². The monoisotopic (exact) mass is 189 g/mol. The summed E-state index contributed by atoms with van der Waals surface area (Å²) in [4.78, 5) is 12.9. The maximum Gasteiger partial charge on any atom is 0.243 e. The van der Waals surface area contributed by atoms with Crippen LogP contribution in [0.2, 0.25) is 0 Å². The minimum Gasteiger partial charge on any atom is -0.252 e. The molecule has 1 rings (SSSR count). The summed E-state index contributed by atoms with van der Waals surface area (Å²) in [5.74, 6) is 0. The SMILES string of the molecule is CS(=O)c1nnc(N=C=O)s1. The number of nitrogens with zero attached hydrogens (tertiary/aromatic N) is 3. The van der Waals surface area contributed by atoms with Gasteiger partial charge in [0, 0.05) is 6.26 Å². The fraction of sp³-hybridized carbons (Fsp3) is 0.250.